The number of rotatable bonds is 4. The van der Waals surface area contributed by atoms with Crippen molar-refractivity contribution in [3.05, 3.63) is 39.6 Å². The van der Waals surface area contributed by atoms with Crippen LogP contribution >= 0.6 is 15.9 Å². The lowest BCUT2D eigenvalue weighted by molar-refractivity contribution is 0.499. The second-order valence-corrected chi connectivity index (χ2v) is 6.26. The van der Waals surface area contributed by atoms with Crippen molar-refractivity contribution >= 4 is 21.7 Å². The van der Waals surface area contributed by atoms with E-state index in [9.17, 15) is 0 Å². The SMILES string of the molecule is Cc1cc(C(C)Nc2cc(Br)nc(C3CC3)n2)c(C)o1. The van der Waals surface area contributed by atoms with Crippen LogP contribution in [0.1, 0.15) is 54.6 Å². The van der Waals surface area contributed by atoms with Gasteiger partial charge in [-0.2, -0.15) is 0 Å². The lowest BCUT2D eigenvalue weighted by Gasteiger charge is -2.14. The van der Waals surface area contributed by atoms with Crippen LogP contribution in [0.25, 0.3) is 0 Å². The van der Waals surface area contributed by atoms with E-state index >= 15 is 0 Å². The van der Waals surface area contributed by atoms with Gasteiger partial charge in [0.1, 0.15) is 27.8 Å². The van der Waals surface area contributed by atoms with Crippen molar-refractivity contribution in [1.29, 1.82) is 0 Å². The molecule has 1 aliphatic carbocycles. The first kappa shape index (κ1) is 13.6. The number of aryl methyl sites for hydroxylation is 2. The van der Waals surface area contributed by atoms with Gasteiger partial charge in [0.25, 0.3) is 0 Å². The molecule has 2 aromatic rings. The summed E-state index contributed by atoms with van der Waals surface area (Å²) in [5, 5.41) is 3.44. The van der Waals surface area contributed by atoms with Crippen molar-refractivity contribution in [2.75, 3.05) is 5.32 Å². The van der Waals surface area contributed by atoms with Crippen LogP contribution in [0.4, 0.5) is 5.82 Å². The summed E-state index contributed by atoms with van der Waals surface area (Å²) in [6.07, 6.45) is 2.40. The first-order valence-electron chi connectivity index (χ1n) is 6.91. The average Bonchev–Trinajstić information content (AvgIpc) is 3.14. The first-order chi connectivity index (χ1) is 9.52. The van der Waals surface area contributed by atoms with E-state index < -0.39 is 0 Å². The highest BCUT2D eigenvalue weighted by atomic mass is 79.9. The molecule has 1 atom stereocenters. The highest BCUT2D eigenvalue weighted by Crippen LogP contribution is 2.39. The number of anilines is 1. The number of nitrogens with one attached hydrogen (secondary N) is 1. The minimum Gasteiger partial charge on any atom is -0.466 e. The molecule has 20 heavy (non-hydrogen) atoms. The highest BCUT2D eigenvalue weighted by Gasteiger charge is 2.27. The van der Waals surface area contributed by atoms with Gasteiger partial charge in [0.2, 0.25) is 0 Å². The predicted molar refractivity (Wildman–Crippen MR) is 81.9 cm³/mol. The van der Waals surface area contributed by atoms with Crippen LogP contribution in [0, 0.1) is 13.8 Å². The number of halogens is 1. The molecule has 0 amide bonds. The van der Waals surface area contributed by atoms with Crippen molar-refractivity contribution in [1.82, 2.24) is 9.97 Å². The summed E-state index contributed by atoms with van der Waals surface area (Å²) in [6.45, 7) is 6.08. The summed E-state index contributed by atoms with van der Waals surface area (Å²) in [4.78, 5) is 9.06. The third-order valence-corrected chi connectivity index (χ3v) is 3.97. The van der Waals surface area contributed by atoms with Gasteiger partial charge in [-0.15, -0.1) is 0 Å². The summed E-state index contributed by atoms with van der Waals surface area (Å²) >= 11 is 3.46. The Hall–Kier alpha value is -1.36. The molecule has 0 radical (unpaired) electrons. The van der Waals surface area contributed by atoms with Crippen LogP contribution in [-0.2, 0) is 0 Å². The summed E-state index contributed by atoms with van der Waals surface area (Å²) in [5.41, 5.74) is 1.17. The zero-order valence-electron chi connectivity index (χ0n) is 11.9. The fourth-order valence-electron chi connectivity index (χ4n) is 2.41. The molecule has 0 aromatic carbocycles. The van der Waals surface area contributed by atoms with E-state index in [1.807, 2.05) is 19.9 Å². The summed E-state index contributed by atoms with van der Waals surface area (Å²) < 4.78 is 6.42. The third-order valence-electron chi connectivity index (χ3n) is 3.56. The summed E-state index contributed by atoms with van der Waals surface area (Å²) in [6, 6.07) is 4.15. The molecule has 0 bridgehead atoms. The predicted octanol–water partition coefficient (Wildman–Crippen LogP) is 4.50. The molecule has 0 spiro atoms. The number of hydrogen-bond donors (Lipinski definition) is 1. The number of hydrogen-bond acceptors (Lipinski definition) is 4. The van der Waals surface area contributed by atoms with E-state index in [0.29, 0.717) is 5.92 Å². The van der Waals surface area contributed by atoms with Gasteiger partial charge in [-0.3, -0.25) is 0 Å². The Balaban J connectivity index is 1.81. The summed E-state index contributed by atoms with van der Waals surface area (Å²) in [7, 11) is 0. The van der Waals surface area contributed by atoms with Crippen LogP contribution in [0.2, 0.25) is 0 Å². The Morgan fingerprint density at radius 3 is 2.65 bits per heavy atom. The quantitative estimate of drug-likeness (QED) is 0.835. The Morgan fingerprint density at radius 2 is 2.05 bits per heavy atom. The van der Waals surface area contributed by atoms with Gasteiger partial charge in [0.15, 0.2) is 0 Å². The maximum Gasteiger partial charge on any atom is 0.135 e. The van der Waals surface area contributed by atoms with Crippen molar-refractivity contribution in [2.24, 2.45) is 0 Å². The van der Waals surface area contributed by atoms with Crippen LogP contribution in [0.3, 0.4) is 0 Å². The van der Waals surface area contributed by atoms with Crippen LogP contribution in [-0.4, -0.2) is 9.97 Å². The second kappa shape index (κ2) is 5.20. The molecule has 3 rings (SSSR count). The molecule has 0 saturated heterocycles. The molecule has 4 nitrogen and oxygen atoms in total. The molecule has 2 heterocycles. The largest absolute Gasteiger partial charge is 0.466 e. The van der Waals surface area contributed by atoms with Crippen LogP contribution < -0.4 is 5.32 Å². The fraction of sp³-hybridized carbons (Fsp3) is 0.467. The normalized spacial score (nSPS) is 16.2. The zero-order chi connectivity index (χ0) is 14.3. The smallest absolute Gasteiger partial charge is 0.135 e. The molecular weight excluding hydrogens is 318 g/mol. The van der Waals surface area contributed by atoms with E-state index in [0.717, 1.165) is 27.8 Å². The minimum atomic E-state index is 0.154. The fourth-order valence-corrected chi connectivity index (χ4v) is 2.81. The lowest BCUT2D eigenvalue weighted by Crippen LogP contribution is -2.09. The number of aromatic nitrogens is 2. The third kappa shape index (κ3) is 2.87. The van der Waals surface area contributed by atoms with Gasteiger partial charge < -0.3 is 9.73 Å². The van der Waals surface area contributed by atoms with E-state index in [2.05, 4.69) is 44.2 Å². The maximum atomic E-state index is 5.59. The molecule has 5 heteroatoms. The van der Waals surface area contributed by atoms with Gasteiger partial charge in [0.05, 0.1) is 6.04 Å². The van der Waals surface area contributed by atoms with Gasteiger partial charge in [-0.25, -0.2) is 9.97 Å². The van der Waals surface area contributed by atoms with Crippen LogP contribution in [0.15, 0.2) is 21.2 Å². The molecule has 0 aliphatic heterocycles. The Kier molecular flexibility index (Phi) is 3.54. The topological polar surface area (TPSA) is 51.0 Å². The van der Waals surface area contributed by atoms with Crippen LogP contribution in [0.5, 0.6) is 0 Å². The van der Waals surface area contributed by atoms with E-state index in [1.54, 1.807) is 0 Å². The standard InChI is InChI=1S/C15H18BrN3O/c1-8-6-12(10(3)20-8)9(2)17-14-7-13(16)18-15(19-14)11-4-5-11/h6-7,9,11H,4-5H2,1-3H3,(H,17,18,19). The summed E-state index contributed by atoms with van der Waals surface area (Å²) in [5.74, 6) is 4.24. The molecule has 2 aromatic heterocycles. The monoisotopic (exact) mass is 335 g/mol. The second-order valence-electron chi connectivity index (χ2n) is 5.44. The van der Waals surface area contributed by atoms with Gasteiger partial charge in [0, 0.05) is 17.5 Å². The van der Waals surface area contributed by atoms with Gasteiger partial charge in [-0.05, 0) is 55.6 Å². The van der Waals surface area contributed by atoms with E-state index in [4.69, 9.17) is 4.42 Å². The molecule has 1 fully saturated rings. The Bertz CT molecular complexity index is 634. The van der Waals surface area contributed by atoms with Gasteiger partial charge in [-0.1, -0.05) is 0 Å². The van der Waals surface area contributed by atoms with Gasteiger partial charge >= 0.3 is 0 Å². The molecule has 106 valence electrons. The van der Waals surface area contributed by atoms with Crippen molar-refractivity contribution in [3.63, 3.8) is 0 Å². The Morgan fingerprint density at radius 1 is 1.30 bits per heavy atom. The molecule has 1 unspecified atom stereocenters. The molecule has 1 aliphatic rings. The first-order valence-corrected chi connectivity index (χ1v) is 7.70. The average molecular weight is 336 g/mol. The van der Waals surface area contributed by atoms with E-state index in [1.165, 1.54) is 18.4 Å². The van der Waals surface area contributed by atoms with Crippen molar-refractivity contribution in [2.45, 2.75) is 45.6 Å². The van der Waals surface area contributed by atoms with Crippen molar-refractivity contribution in [3.8, 4) is 0 Å². The molecule has 1 saturated carbocycles. The lowest BCUT2D eigenvalue weighted by atomic mass is 10.1. The minimum absolute atomic E-state index is 0.154. The molecular formula is C15H18BrN3O. The molecule has 1 N–H and O–H groups in total. The zero-order valence-corrected chi connectivity index (χ0v) is 13.5. The number of furan rings is 1. The maximum absolute atomic E-state index is 5.59. The number of nitrogens with zero attached hydrogens (tertiary/aromatic N) is 2. The van der Waals surface area contributed by atoms with E-state index in [-0.39, 0.29) is 6.04 Å². The Labute approximate surface area is 127 Å². The highest BCUT2D eigenvalue weighted by molar-refractivity contribution is 9.10. The van der Waals surface area contributed by atoms with Crippen molar-refractivity contribution < 1.29 is 4.42 Å².